The molecule has 0 spiro atoms. The van der Waals surface area contributed by atoms with Crippen LogP contribution in [0.5, 0.6) is 0 Å². The smallest absolute Gasteiger partial charge is 0.449 e. The fraction of sp³-hybridized carbons (Fsp3) is 0.550. The van der Waals surface area contributed by atoms with Gasteiger partial charge in [0.15, 0.2) is 16.4 Å². The zero-order valence-electron chi connectivity index (χ0n) is 17.6. The van der Waals surface area contributed by atoms with E-state index in [1.54, 1.807) is 6.92 Å². The Morgan fingerprint density at radius 1 is 1.31 bits per heavy atom. The summed E-state index contributed by atoms with van der Waals surface area (Å²) in [6, 6.07) is 5.06. The Balaban J connectivity index is 1.72. The lowest BCUT2D eigenvalue weighted by atomic mass is 10.1. The van der Waals surface area contributed by atoms with Crippen LogP contribution in [0.1, 0.15) is 32.5 Å². The van der Waals surface area contributed by atoms with Gasteiger partial charge in [-0.2, -0.15) is 13.2 Å². The number of esters is 1. The number of imidazole rings is 1. The van der Waals surface area contributed by atoms with Crippen molar-refractivity contribution < 1.29 is 35.9 Å². The minimum atomic E-state index is -4.78. The summed E-state index contributed by atoms with van der Waals surface area (Å²) in [4.78, 5) is 30.0. The van der Waals surface area contributed by atoms with Gasteiger partial charge in [0, 0.05) is 12.1 Å². The predicted octanol–water partition coefficient (Wildman–Crippen LogP) is 2.41. The summed E-state index contributed by atoms with van der Waals surface area (Å²) in [5.74, 6) is -3.03. The first-order chi connectivity index (χ1) is 14.9. The molecular formula is C20H24F3N3O5S. The number of hydrogen-bond donors (Lipinski definition) is 0. The maximum atomic E-state index is 13.4. The highest BCUT2D eigenvalue weighted by Gasteiger charge is 2.39. The van der Waals surface area contributed by atoms with Crippen LogP contribution in [0.15, 0.2) is 24.3 Å². The van der Waals surface area contributed by atoms with Crippen molar-refractivity contribution in [2.75, 3.05) is 18.1 Å². The lowest BCUT2D eigenvalue weighted by Gasteiger charge is -2.33. The maximum Gasteiger partial charge on any atom is 0.449 e. The number of sulfone groups is 1. The molecule has 2 aromatic rings. The van der Waals surface area contributed by atoms with Crippen molar-refractivity contribution in [3.63, 3.8) is 0 Å². The summed E-state index contributed by atoms with van der Waals surface area (Å²) in [5.41, 5.74) is 0.189. The summed E-state index contributed by atoms with van der Waals surface area (Å²) in [6.45, 7) is 2.14. The number of benzene rings is 1. The van der Waals surface area contributed by atoms with Gasteiger partial charge in [-0.1, -0.05) is 19.1 Å². The van der Waals surface area contributed by atoms with Crippen molar-refractivity contribution in [2.24, 2.45) is 0 Å². The van der Waals surface area contributed by atoms with Crippen molar-refractivity contribution in [3.05, 3.63) is 30.1 Å². The second-order valence-corrected chi connectivity index (χ2v) is 10.0. The Labute approximate surface area is 183 Å². The average Bonchev–Trinajstić information content (AvgIpc) is 3.26. The van der Waals surface area contributed by atoms with E-state index in [1.807, 2.05) is 6.92 Å². The minimum absolute atomic E-state index is 0.0222. The number of para-hydroxylation sites is 2. The molecule has 8 nitrogen and oxygen atoms in total. The second kappa shape index (κ2) is 9.08. The van der Waals surface area contributed by atoms with E-state index in [4.69, 9.17) is 4.74 Å². The van der Waals surface area contributed by atoms with Gasteiger partial charge in [-0.05, 0) is 31.9 Å². The number of amides is 1. The van der Waals surface area contributed by atoms with E-state index in [-0.39, 0.29) is 28.6 Å². The van der Waals surface area contributed by atoms with E-state index in [0.29, 0.717) is 17.4 Å². The van der Waals surface area contributed by atoms with Gasteiger partial charge >= 0.3 is 12.1 Å². The molecule has 2 atom stereocenters. The Bertz CT molecular complexity index is 1110. The first-order valence-corrected chi connectivity index (χ1v) is 11.9. The Morgan fingerprint density at radius 3 is 2.59 bits per heavy atom. The molecule has 2 unspecified atom stereocenters. The highest BCUT2D eigenvalue weighted by molar-refractivity contribution is 7.91. The van der Waals surface area contributed by atoms with Gasteiger partial charge in [-0.3, -0.25) is 9.59 Å². The topological polar surface area (TPSA) is 98.6 Å². The van der Waals surface area contributed by atoms with Crippen LogP contribution in [0.3, 0.4) is 0 Å². The third-order valence-electron chi connectivity index (χ3n) is 5.51. The number of aromatic nitrogens is 2. The molecule has 1 amide bonds. The van der Waals surface area contributed by atoms with Gasteiger partial charge in [-0.15, -0.1) is 0 Å². The van der Waals surface area contributed by atoms with Crippen LogP contribution in [0, 0.1) is 0 Å². The Morgan fingerprint density at radius 2 is 2.00 bits per heavy atom. The molecule has 1 aromatic carbocycles. The van der Waals surface area contributed by atoms with Gasteiger partial charge in [0.25, 0.3) is 5.91 Å². The molecule has 0 saturated carbocycles. The molecule has 2 heterocycles. The second-order valence-electron chi connectivity index (χ2n) is 7.78. The van der Waals surface area contributed by atoms with Crippen LogP contribution in [0.4, 0.5) is 13.2 Å². The van der Waals surface area contributed by atoms with E-state index < -0.39 is 52.9 Å². The zero-order chi connectivity index (χ0) is 23.7. The van der Waals surface area contributed by atoms with Crippen LogP contribution in [-0.4, -0.2) is 64.9 Å². The molecule has 1 aromatic heterocycles. The molecular weight excluding hydrogens is 451 g/mol. The molecule has 0 aliphatic carbocycles. The van der Waals surface area contributed by atoms with Gasteiger partial charge in [0.05, 0.1) is 22.5 Å². The SMILES string of the molecule is CCC(C)N(C(=O)COC(=O)Cn1c(C(F)(F)F)nc2ccccc21)C1CCS(=O)(=O)C1. The molecule has 1 fully saturated rings. The third-order valence-corrected chi connectivity index (χ3v) is 7.26. The van der Waals surface area contributed by atoms with Crippen LogP contribution in [-0.2, 0) is 36.9 Å². The third kappa shape index (κ3) is 5.22. The van der Waals surface area contributed by atoms with Crippen molar-refractivity contribution >= 4 is 32.7 Å². The molecule has 32 heavy (non-hydrogen) atoms. The molecule has 3 rings (SSSR count). The van der Waals surface area contributed by atoms with E-state index in [0.717, 1.165) is 0 Å². The van der Waals surface area contributed by atoms with Gasteiger partial charge in [-0.25, -0.2) is 13.4 Å². The lowest BCUT2D eigenvalue weighted by Crippen LogP contribution is -2.48. The minimum Gasteiger partial charge on any atom is -0.454 e. The molecule has 0 N–H and O–H groups in total. The van der Waals surface area contributed by atoms with Crippen molar-refractivity contribution in [3.8, 4) is 0 Å². The highest BCUT2D eigenvalue weighted by Crippen LogP contribution is 2.31. The first-order valence-electron chi connectivity index (χ1n) is 10.1. The fourth-order valence-electron chi connectivity index (χ4n) is 3.84. The molecule has 0 bridgehead atoms. The van der Waals surface area contributed by atoms with E-state index in [1.165, 1.54) is 29.2 Å². The largest absolute Gasteiger partial charge is 0.454 e. The molecule has 1 aliphatic rings. The number of halogens is 3. The summed E-state index contributed by atoms with van der Waals surface area (Å²) in [7, 11) is -3.24. The predicted molar refractivity (Wildman–Crippen MR) is 109 cm³/mol. The number of rotatable bonds is 7. The Kier molecular flexibility index (Phi) is 6.82. The molecule has 1 saturated heterocycles. The summed E-state index contributed by atoms with van der Waals surface area (Å²) < 4.78 is 69.5. The standard InChI is InChI=1S/C20H24F3N3O5S/c1-3-13(2)26(14-8-9-32(29,30)12-14)17(27)11-31-18(28)10-25-16-7-5-4-6-15(16)24-19(25)20(21,22)23/h4-7,13-14H,3,8-12H2,1-2H3. The van der Waals surface area contributed by atoms with Crippen LogP contribution >= 0.6 is 0 Å². The van der Waals surface area contributed by atoms with Crippen LogP contribution < -0.4 is 0 Å². The van der Waals surface area contributed by atoms with Gasteiger partial charge in [0.2, 0.25) is 5.82 Å². The van der Waals surface area contributed by atoms with Crippen LogP contribution in [0.2, 0.25) is 0 Å². The fourth-order valence-corrected chi connectivity index (χ4v) is 5.56. The highest BCUT2D eigenvalue weighted by atomic mass is 32.2. The number of hydrogen-bond acceptors (Lipinski definition) is 6. The lowest BCUT2D eigenvalue weighted by molar-refractivity contribution is -0.156. The summed E-state index contributed by atoms with van der Waals surface area (Å²) in [5, 5.41) is 0. The number of fused-ring (bicyclic) bond motifs is 1. The average molecular weight is 475 g/mol. The molecule has 1 aliphatic heterocycles. The normalized spacial score (nSPS) is 19.1. The number of carbonyl (C=O) groups is 2. The molecule has 12 heteroatoms. The number of nitrogens with zero attached hydrogens (tertiary/aromatic N) is 3. The van der Waals surface area contributed by atoms with Gasteiger partial charge in [0.1, 0.15) is 6.54 Å². The summed E-state index contributed by atoms with van der Waals surface area (Å²) in [6.07, 6.45) is -3.93. The number of carbonyl (C=O) groups excluding carboxylic acids is 2. The molecule has 0 radical (unpaired) electrons. The monoisotopic (exact) mass is 475 g/mol. The Hall–Kier alpha value is -2.63. The maximum absolute atomic E-state index is 13.4. The first kappa shape index (κ1) is 24.0. The van der Waals surface area contributed by atoms with Crippen molar-refractivity contribution in [2.45, 2.75) is 51.5 Å². The van der Waals surface area contributed by atoms with Crippen molar-refractivity contribution in [1.82, 2.24) is 14.5 Å². The number of ether oxygens (including phenoxy) is 1. The quantitative estimate of drug-likeness (QED) is 0.571. The molecule has 176 valence electrons. The number of alkyl halides is 3. The van der Waals surface area contributed by atoms with E-state index >= 15 is 0 Å². The van der Waals surface area contributed by atoms with Crippen LogP contribution in [0.25, 0.3) is 11.0 Å². The zero-order valence-corrected chi connectivity index (χ0v) is 18.4. The van der Waals surface area contributed by atoms with Gasteiger partial charge < -0.3 is 14.2 Å². The van der Waals surface area contributed by atoms with E-state index in [9.17, 15) is 31.2 Å². The van der Waals surface area contributed by atoms with E-state index in [2.05, 4.69) is 4.98 Å². The summed E-state index contributed by atoms with van der Waals surface area (Å²) >= 11 is 0. The van der Waals surface area contributed by atoms with Crippen molar-refractivity contribution in [1.29, 1.82) is 0 Å².